The van der Waals surface area contributed by atoms with Gasteiger partial charge in [-0.05, 0) is 96.3 Å². The van der Waals surface area contributed by atoms with Crippen molar-refractivity contribution in [3.05, 3.63) is 109 Å². The summed E-state index contributed by atoms with van der Waals surface area (Å²) >= 11 is 0. The summed E-state index contributed by atoms with van der Waals surface area (Å²) in [6.07, 6.45) is 87.3. The minimum Gasteiger partial charge on any atom is -0.462 e. The molecule has 0 bridgehead atoms. The Balaban J connectivity index is 3.91. The molecule has 0 heterocycles. The number of ether oxygens (including phenoxy) is 2. The zero-order chi connectivity index (χ0) is 57.3. The molecule has 0 rings (SSSR count). The van der Waals surface area contributed by atoms with Gasteiger partial charge in [0.05, 0.1) is 13.2 Å². The van der Waals surface area contributed by atoms with Crippen LogP contribution in [0.5, 0.6) is 0 Å². The van der Waals surface area contributed by atoms with Gasteiger partial charge in [0, 0.05) is 19.4 Å². The fourth-order valence-electron chi connectivity index (χ4n) is 8.95. The summed E-state index contributed by atoms with van der Waals surface area (Å²) in [6, 6.07) is 0. The molecule has 0 aromatic carbocycles. The first kappa shape index (κ1) is 75.7. The molecule has 0 aliphatic rings. The summed E-state index contributed by atoms with van der Waals surface area (Å²) in [6.45, 7) is 3.54. The van der Waals surface area contributed by atoms with E-state index in [9.17, 15) is 19.0 Å². The molecule has 0 fully saturated rings. The fourth-order valence-corrected chi connectivity index (χ4v) is 9.72. The lowest BCUT2D eigenvalue weighted by atomic mass is 10.0. The van der Waals surface area contributed by atoms with Gasteiger partial charge in [0.2, 0.25) is 0 Å². The van der Waals surface area contributed by atoms with Crippen LogP contribution in [-0.4, -0.2) is 49.3 Å². The summed E-state index contributed by atoms with van der Waals surface area (Å²) in [5, 5.41) is 0. The highest BCUT2D eigenvalue weighted by atomic mass is 31.2. The molecule has 9 nitrogen and oxygen atoms in total. The maximum absolute atomic E-state index is 12.7. The van der Waals surface area contributed by atoms with Gasteiger partial charge in [0.15, 0.2) is 6.10 Å². The molecule has 3 N–H and O–H groups in total. The van der Waals surface area contributed by atoms with Crippen molar-refractivity contribution in [3.63, 3.8) is 0 Å². The van der Waals surface area contributed by atoms with E-state index in [2.05, 4.69) is 123 Å². The smallest absolute Gasteiger partial charge is 0.462 e. The first-order valence-corrected chi connectivity index (χ1v) is 33.9. The lowest BCUT2D eigenvalue weighted by molar-refractivity contribution is -0.161. The number of hydrogen-bond donors (Lipinski definition) is 2. The van der Waals surface area contributed by atoms with Crippen LogP contribution in [0.15, 0.2) is 109 Å². The number of carbonyl (C=O) groups excluding carboxylic acids is 2. The van der Waals surface area contributed by atoms with Crippen LogP contribution in [0.3, 0.4) is 0 Å². The molecule has 454 valence electrons. The minimum absolute atomic E-state index is 0.0501. The number of hydrogen-bond acceptors (Lipinski definition) is 8. The average molecular weight is 1120 g/mol. The SMILES string of the molecule is CC/C=C\C/C=C\C/C=C\C/C=C\C/C=C\CCCCCCCCCCCCCCCCCCCC(=O)OC(COC(=O)CCCCCCCCCCCCCC/C=C\C/C=C\C/C=C\C/C=C\CC)COP(=O)(O)OCCN. The third-order valence-corrected chi connectivity index (χ3v) is 14.6. The Hall–Kier alpha value is -3.33. The molecule has 2 unspecified atom stereocenters. The van der Waals surface area contributed by atoms with Crippen molar-refractivity contribution in [2.45, 2.75) is 290 Å². The van der Waals surface area contributed by atoms with E-state index in [1.807, 2.05) is 0 Å². The molecule has 2 atom stereocenters. The number of rotatable bonds is 60. The Labute approximate surface area is 486 Å². The molecule has 0 saturated heterocycles. The van der Waals surface area contributed by atoms with E-state index in [0.29, 0.717) is 6.42 Å². The predicted octanol–water partition coefficient (Wildman–Crippen LogP) is 21.0. The zero-order valence-corrected chi connectivity index (χ0v) is 51.7. The van der Waals surface area contributed by atoms with Crippen molar-refractivity contribution < 1.29 is 37.6 Å². The number of esters is 2. The van der Waals surface area contributed by atoms with Gasteiger partial charge in [0.25, 0.3) is 0 Å². The highest BCUT2D eigenvalue weighted by Gasteiger charge is 2.26. The topological polar surface area (TPSA) is 134 Å². The Morgan fingerprint density at radius 2 is 0.658 bits per heavy atom. The predicted molar refractivity (Wildman–Crippen MR) is 339 cm³/mol. The maximum atomic E-state index is 12.7. The molecule has 0 aliphatic carbocycles. The molecule has 0 aromatic heterocycles. The Morgan fingerprint density at radius 3 is 0.975 bits per heavy atom. The van der Waals surface area contributed by atoms with E-state index in [1.54, 1.807) is 0 Å². The molecule has 0 radical (unpaired) electrons. The van der Waals surface area contributed by atoms with Gasteiger partial charge in [-0.3, -0.25) is 18.6 Å². The highest BCUT2D eigenvalue weighted by Crippen LogP contribution is 2.43. The number of unbranched alkanes of at least 4 members (excludes halogenated alkanes) is 29. The van der Waals surface area contributed by atoms with E-state index >= 15 is 0 Å². The summed E-state index contributed by atoms with van der Waals surface area (Å²) in [4.78, 5) is 35.3. The summed E-state index contributed by atoms with van der Waals surface area (Å²) in [5.41, 5.74) is 5.39. The van der Waals surface area contributed by atoms with E-state index < -0.39 is 26.5 Å². The Kier molecular flexibility index (Phi) is 61.2. The lowest BCUT2D eigenvalue weighted by Crippen LogP contribution is -2.29. The largest absolute Gasteiger partial charge is 0.472 e. The Bertz CT molecular complexity index is 1660. The summed E-state index contributed by atoms with van der Waals surface area (Å²) in [5.74, 6) is -0.825. The van der Waals surface area contributed by atoms with Gasteiger partial charge in [-0.1, -0.05) is 284 Å². The number of phosphoric acid groups is 1. The summed E-state index contributed by atoms with van der Waals surface area (Å²) < 4.78 is 33.1. The molecule has 0 saturated carbocycles. The molecular formula is C69H120NO8P. The van der Waals surface area contributed by atoms with Gasteiger partial charge in [-0.2, -0.15) is 0 Å². The average Bonchev–Trinajstić information content (AvgIpc) is 3.44. The van der Waals surface area contributed by atoms with E-state index in [0.717, 1.165) is 96.3 Å². The molecule has 0 amide bonds. The third kappa shape index (κ3) is 63.7. The van der Waals surface area contributed by atoms with Gasteiger partial charge in [-0.25, -0.2) is 4.57 Å². The molecule has 0 aromatic rings. The van der Waals surface area contributed by atoms with Crippen LogP contribution in [0.1, 0.15) is 284 Å². The molecule has 0 spiro atoms. The first-order valence-electron chi connectivity index (χ1n) is 32.4. The monoisotopic (exact) mass is 1120 g/mol. The molecular weight excluding hydrogens is 1000 g/mol. The summed E-state index contributed by atoms with van der Waals surface area (Å²) in [7, 11) is -4.40. The lowest BCUT2D eigenvalue weighted by Gasteiger charge is -2.19. The molecule has 0 aliphatic heterocycles. The fraction of sp³-hybridized carbons (Fsp3) is 0.710. The maximum Gasteiger partial charge on any atom is 0.472 e. The van der Waals surface area contributed by atoms with Gasteiger partial charge in [-0.15, -0.1) is 0 Å². The first-order chi connectivity index (χ1) is 38.8. The second-order valence-electron chi connectivity index (χ2n) is 21.2. The van der Waals surface area contributed by atoms with Crippen LogP contribution >= 0.6 is 7.82 Å². The normalized spacial score (nSPS) is 13.7. The van der Waals surface area contributed by atoms with Crippen molar-refractivity contribution in [1.82, 2.24) is 0 Å². The van der Waals surface area contributed by atoms with Crippen LogP contribution in [0.2, 0.25) is 0 Å². The van der Waals surface area contributed by atoms with Crippen molar-refractivity contribution in [3.8, 4) is 0 Å². The van der Waals surface area contributed by atoms with Crippen molar-refractivity contribution in [1.29, 1.82) is 0 Å². The minimum atomic E-state index is -4.40. The van der Waals surface area contributed by atoms with Gasteiger partial charge >= 0.3 is 19.8 Å². The van der Waals surface area contributed by atoms with E-state index in [1.165, 1.54) is 154 Å². The Morgan fingerprint density at radius 1 is 0.380 bits per heavy atom. The van der Waals surface area contributed by atoms with Crippen LogP contribution < -0.4 is 5.73 Å². The molecule has 10 heteroatoms. The standard InChI is InChI=1S/C69H120NO8P/c1-3-5-7-9-11-13-15-17-19-21-23-25-27-29-30-31-32-33-34-35-36-38-40-42-44-46-48-50-52-54-56-58-60-62-69(72)78-67(66-77-79(73,74)76-64-63-70)65-75-68(71)61-59-57-55-53-51-49-47-45-43-41-39-37-28-26-24-22-20-18-16-14-12-10-8-6-4-2/h5-8,11-14,17-20,23-26,29-30,67H,3-4,9-10,15-16,21-22,27-28,31-66,70H2,1-2H3,(H,73,74)/b7-5-,8-6-,13-11-,14-12-,19-17-,20-18-,25-23-,26-24-,30-29-. The van der Waals surface area contributed by atoms with Crippen LogP contribution in [0.4, 0.5) is 0 Å². The van der Waals surface area contributed by atoms with Gasteiger partial charge < -0.3 is 20.1 Å². The quantitative estimate of drug-likeness (QED) is 0.0264. The van der Waals surface area contributed by atoms with Crippen LogP contribution in [0, 0.1) is 0 Å². The van der Waals surface area contributed by atoms with Crippen molar-refractivity contribution in [2.24, 2.45) is 5.73 Å². The number of nitrogens with two attached hydrogens (primary N) is 1. The zero-order valence-electron chi connectivity index (χ0n) is 50.8. The van der Waals surface area contributed by atoms with Crippen LogP contribution in [-0.2, 0) is 32.7 Å². The number of phosphoric ester groups is 1. The third-order valence-electron chi connectivity index (χ3n) is 13.7. The van der Waals surface area contributed by atoms with Crippen LogP contribution in [0.25, 0.3) is 0 Å². The highest BCUT2D eigenvalue weighted by molar-refractivity contribution is 7.47. The van der Waals surface area contributed by atoms with Crippen molar-refractivity contribution >= 4 is 19.8 Å². The number of carbonyl (C=O) groups is 2. The second-order valence-corrected chi connectivity index (χ2v) is 22.7. The van der Waals surface area contributed by atoms with Gasteiger partial charge in [0.1, 0.15) is 6.61 Å². The van der Waals surface area contributed by atoms with E-state index in [-0.39, 0.29) is 38.6 Å². The number of allylic oxidation sites excluding steroid dienone is 18. The molecule has 79 heavy (non-hydrogen) atoms. The van der Waals surface area contributed by atoms with E-state index in [4.69, 9.17) is 24.3 Å². The van der Waals surface area contributed by atoms with Crippen molar-refractivity contribution in [2.75, 3.05) is 26.4 Å². The second kappa shape index (κ2) is 63.8.